The zero-order chi connectivity index (χ0) is 26.6. The van der Waals surface area contributed by atoms with E-state index in [1.54, 1.807) is 26.4 Å². The summed E-state index contributed by atoms with van der Waals surface area (Å²) in [5, 5.41) is 19.0. The van der Waals surface area contributed by atoms with Crippen molar-refractivity contribution in [3.63, 3.8) is 0 Å². The molecule has 9 nitrogen and oxygen atoms in total. The maximum atomic E-state index is 13.3. The van der Waals surface area contributed by atoms with Crippen LogP contribution in [0, 0.1) is 29.2 Å². The first kappa shape index (κ1) is 26.0. The van der Waals surface area contributed by atoms with E-state index in [1.807, 2.05) is 12.3 Å². The van der Waals surface area contributed by atoms with E-state index >= 15 is 0 Å². The minimum atomic E-state index is -0.101. The second-order valence-corrected chi connectivity index (χ2v) is 11.4. The van der Waals surface area contributed by atoms with Gasteiger partial charge in [-0.2, -0.15) is 5.26 Å². The number of aryl methyl sites for hydroxylation is 1. The molecule has 10 heteroatoms. The highest BCUT2D eigenvalue weighted by molar-refractivity contribution is 7.17. The van der Waals surface area contributed by atoms with E-state index in [2.05, 4.69) is 20.9 Å². The van der Waals surface area contributed by atoms with Gasteiger partial charge in [0, 0.05) is 29.8 Å². The summed E-state index contributed by atoms with van der Waals surface area (Å²) in [7, 11) is 3.15. The maximum absolute atomic E-state index is 13.3. The quantitative estimate of drug-likeness (QED) is 0.177. The van der Waals surface area contributed by atoms with E-state index in [1.165, 1.54) is 11.3 Å². The van der Waals surface area contributed by atoms with Gasteiger partial charge in [-0.15, -0.1) is 11.3 Å². The van der Waals surface area contributed by atoms with Gasteiger partial charge in [0.15, 0.2) is 17.7 Å². The first-order valence-corrected chi connectivity index (χ1v) is 14.0. The summed E-state index contributed by atoms with van der Waals surface area (Å²) in [5.74, 6) is 2.47. The Morgan fingerprint density at radius 2 is 1.89 bits per heavy atom. The molecule has 2 saturated carbocycles. The average molecular weight is 536 g/mol. The van der Waals surface area contributed by atoms with Crippen LogP contribution in [0.4, 0.5) is 10.7 Å². The highest BCUT2D eigenvalue weighted by atomic mass is 32.1. The Morgan fingerprint density at radius 3 is 2.58 bits per heavy atom. The van der Waals surface area contributed by atoms with Gasteiger partial charge in [-0.3, -0.25) is 14.9 Å². The molecule has 2 aromatic rings. The smallest absolute Gasteiger partial charge is 0.254 e. The molecule has 3 N–H and O–H groups in total. The van der Waals surface area contributed by atoms with E-state index in [0.29, 0.717) is 58.9 Å². The number of methoxy groups -OCH3 is 2. The Morgan fingerprint density at radius 1 is 1.11 bits per heavy atom. The number of amides is 2. The van der Waals surface area contributed by atoms with Gasteiger partial charge in [0.2, 0.25) is 5.91 Å². The molecule has 1 heterocycles. The van der Waals surface area contributed by atoms with Crippen molar-refractivity contribution >= 4 is 39.7 Å². The van der Waals surface area contributed by atoms with Crippen molar-refractivity contribution in [3.05, 3.63) is 34.2 Å². The molecule has 3 aliphatic carbocycles. The average Bonchev–Trinajstić information content (AvgIpc) is 3.84. The number of amidine groups is 1. The summed E-state index contributed by atoms with van der Waals surface area (Å²) in [6.45, 7) is 0.678. The third-order valence-corrected chi connectivity index (χ3v) is 8.54. The number of hydrogen-bond acceptors (Lipinski definition) is 7. The molecule has 5 rings (SSSR count). The van der Waals surface area contributed by atoms with E-state index in [9.17, 15) is 14.9 Å². The third-order valence-electron chi connectivity index (χ3n) is 7.34. The van der Waals surface area contributed by atoms with Crippen molar-refractivity contribution in [3.8, 4) is 17.7 Å². The second-order valence-electron chi connectivity index (χ2n) is 10.3. The molecule has 3 aliphatic rings. The molecule has 0 aliphatic heterocycles. The van der Waals surface area contributed by atoms with Crippen LogP contribution in [0.2, 0.25) is 0 Å². The number of carbonyl (C=O) groups is 2. The first-order valence-electron chi connectivity index (χ1n) is 13.2. The molecule has 0 bridgehead atoms. The molecule has 1 aromatic carbocycles. The fourth-order valence-corrected chi connectivity index (χ4v) is 6.12. The number of benzene rings is 1. The van der Waals surface area contributed by atoms with Crippen LogP contribution < -0.4 is 25.4 Å². The highest BCUT2D eigenvalue weighted by Crippen LogP contribution is 2.42. The topological polar surface area (TPSA) is 125 Å². The van der Waals surface area contributed by atoms with Crippen LogP contribution in [0.5, 0.6) is 11.5 Å². The third kappa shape index (κ3) is 6.10. The second kappa shape index (κ2) is 11.4. The molecule has 2 amide bonds. The van der Waals surface area contributed by atoms with Crippen molar-refractivity contribution in [1.82, 2.24) is 10.6 Å². The molecular formula is C28H33N5O4S. The van der Waals surface area contributed by atoms with Crippen molar-refractivity contribution in [2.75, 3.05) is 26.1 Å². The van der Waals surface area contributed by atoms with Crippen LogP contribution in [-0.2, 0) is 17.6 Å². The summed E-state index contributed by atoms with van der Waals surface area (Å²) < 4.78 is 10.7. The number of nitriles is 1. The van der Waals surface area contributed by atoms with Gasteiger partial charge in [-0.05, 0) is 74.5 Å². The number of thiophene rings is 1. The fourth-order valence-electron chi connectivity index (χ4n) is 4.88. The number of anilines is 1. The molecule has 0 radical (unpaired) electrons. The van der Waals surface area contributed by atoms with Gasteiger partial charge >= 0.3 is 0 Å². The summed E-state index contributed by atoms with van der Waals surface area (Å²) in [6.07, 6.45) is 9.12. The number of nitrogens with one attached hydrogen (secondary N) is 3. The van der Waals surface area contributed by atoms with Gasteiger partial charge in [0.25, 0.3) is 5.91 Å². The van der Waals surface area contributed by atoms with Crippen LogP contribution in [0.15, 0.2) is 23.2 Å². The number of ether oxygens (including phenoxy) is 2. The Bertz CT molecular complexity index is 1290. The van der Waals surface area contributed by atoms with Crippen LogP contribution in [-0.4, -0.2) is 38.4 Å². The van der Waals surface area contributed by atoms with Gasteiger partial charge in [-0.1, -0.05) is 0 Å². The molecule has 0 spiro atoms. The largest absolute Gasteiger partial charge is 0.493 e. The van der Waals surface area contributed by atoms with Crippen molar-refractivity contribution in [2.24, 2.45) is 22.7 Å². The monoisotopic (exact) mass is 535 g/mol. The van der Waals surface area contributed by atoms with Gasteiger partial charge in [-0.25, -0.2) is 4.99 Å². The van der Waals surface area contributed by atoms with E-state index in [0.717, 1.165) is 49.0 Å². The number of aliphatic imine (C=N–C) groups is 1. The number of nitrogens with zero attached hydrogens (tertiary/aromatic N) is 2. The Kier molecular flexibility index (Phi) is 7.84. The number of hydrogen-bond donors (Lipinski definition) is 3. The standard InChI is InChI=1S/C28H33N5O4S/c1-36-21-9-8-19(13-22(21)37-2)32-24(31-15-29)12-17-5-10-23-20(11-17)25(27(35)30-14-16-3-4-16)28(38-23)33-26(34)18-6-7-18/h8-9,13,16-18H,3-7,10-12,14H2,1-2H3,(H,30,35)(H,31,32)(H,33,34). The summed E-state index contributed by atoms with van der Waals surface area (Å²) in [4.78, 5) is 31.7. The van der Waals surface area contributed by atoms with Gasteiger partial charge in [0.1, 0.15) is 10.8 Å². The van der Waals surface area contributed by atoms with Crippen molar-refractivity contribution < 1.29 is 19.1 Å². The fraction of sp³-hybridized carbons (Fsp3) is 0.500. The van der Waals surface area contributed by atoms with Crippen LogP contribution in [0.1, 0.15) is 59.3 Å². The lowest BCUT2D eigenvalue weighted by molar-refractivity contribution is -0.117. The Labute approximate surface area is 226 Å². The van der Waals surface area contributed by atoms with Crippen molar-refractivity contribution in [2.45, 2.75) is 51.4 Å². The molecular weight excluding hydrogens is 502 g/mol. The minimum absolute atomic E-state index is 0.0129. The molecule has 1 atom stereocenters. The summed E-state index contributed by atoms with van der Waals surface area (Å²) in [5.41, 5.74) is 2.29. The highest BCUT2D eigenvalue weighted by Gasteiger charge is 2.34. The lowest BCUT2D eigenvalue weighted by atomic mass is 9.84. The zero-order valence-corrected chi connectivity index (χ0v) is 22.6. The lowest BCUT2D eigenvalue weighted by Crippen LogP contribution is -2.29. The minimum Gasteiger partial charge on any atom is -0.493 e. The predicted octanol–water partition coefficient (Wildman–Crippen LogP) is 4.55. The van der Waals surface area contributed by atoms with Crippen LogP contribution in [0.3, 0.4) is 0 Å². The number of rotatable bonds is 10. The lowest BCUT2D eigenvalue weighted by Gasteiger charge is -2.23. The van der Waals surface area contributed by atoms with E-state index in [4.69, 9.17) is 9.47 Å². The van der Waals surface area contributed by atoms with E-state index in [-0.39, 0.29) is 23.7 Å². The Balaban J connectivity index is 1.36. The maximum Gasteiger partial charge on any atom is 0.254 e. The normalized spacial score (nSPS) is 18.7. The molecule has 1 aromatic heterocycles. The predicted molar refractivity (Wildman–Crippen MR) is 146 cm³/mol. The molecule has 0 saturated heterocycles. The van der Waals surface area contributed by atoms with Gasteiger partial charge in [0.05, 0.1) is 25.5 Å². The molecule has 38 heavy (non-hydrogen) atoms. The zero-order valence-electron chi connectivity index (χ0n) is 21.8. The van der Waals surface area contributed by atoms with Crippen LogP contribution in [0.25, 0.3) is 0 Å². The SMILES string of the molecule is COc1ccc(N=C(CC2CCc3sc(NC(=O)C4CC4)c(C(=O)NCC4CC4)c3C2)NC#N)cc1OC. The molecule has 2 fully saturated rings. The first-order chi connectivity index (χ1) is 18.5. The van der Waals surface area contributed by atoms with Crippen LogP contribution >= 0.6 is 11.3 Å². The summed E-state index contributed by atoms with van der Waals surface area (Å²) >= 11 is 1.54. The van der Waals surface area contributed by atoms with Gasteiger partial charge < -0.3 is 20.1 Å². The number of fused-ring (bicyclic) bond motifs is 1. The number of carbonyl (C=O) groups excluding carboxylic acids is 2. The molecule has 1 unspecified atom stereocenters. The Hall–Kier alpha value is -3.58. The van der Waals surface area contributed by atoms with E-state index < -0.39 is 0 Å². The molecule has 200 valence electrons. The van der Waals surface area contributed by atoms with Crippen molar-refractivity contribution in [1.29, 1.82) is 5.26 Å². The summed E-state index contributed by atoms with van der Waals surface area (Å²) in [6, 6.07) is 5.37.